The quantitative estimate of drug-likeness (QED) is 0.521. The van der Waals surface area contributed by atoms with Crippen molar-refractivity contribution < 1.29 is 9.59 Å². The second-order valence-electron chi connectivity index (χ2n) is 2.47. The number of nitrogens with two attached hydrogens (primary N) is 1. The van der Waals surface area contributed by atoms with Crippen molar-refractivity contribution >= 4 is 11.9 Å². The second kappa shape index (κ2) is 3.80. The van der Waals surface area contributed by atoms with Crippen molar-refractivity contribution in [2.75, 3.05) is 0 Å². The van der Waals surface area contributed by atoms with E-state index in [1.54, 1.807) is 13.8 Å². The van der Waals surface area contributed by atoms with Gasteiger partial charge in [0, 0.05) is 13.0 Å². The smallest absolute Gasteiger partial charge is 0.333 e. The van der Waals surface area contributed by atoms with E-state index in [1.807, 2.05) is 0 Å². The minimum atomic E-state index is -0.657. The van der Waals surface area contributed by atoms with Gasteiger partial charge in [0.25, 0.3) is 0 Å². The summed E-state index contributed by atoms with van der Waals surface area (Å²) in [5, 5.41) is 1.07. The Hall–Kier alpha value is -1.26. The summed E-state index contributed by atoms with van der Waals surface area (Å²) < 4.78 is 0. The van der Waals surface area contributed by atoms with Crippen molar-refractivity contribution in [1.29, 1.82) is 0 Å². The van der Waals surface area contributed by atoms with E-state index >= 15 is 0 Å². The van der Waals surface area contributed by atoms with E-state index in [0.29, 0.717) is 0 Å². The summed E-state index contributed by atoms with van der Waals surface area (Å²) in [5.41, 5.74) is 7.26. The highest BCUT2D eigenvalue weighted by molar-refractivity contribution is 5.78. The van der Waals surface area contributed by atoms with Crippen LogP contribution in [0, 0.1) is 0 Å². The Morgan fingerprint density at radius 2 is 1.91 bits per heavy atom. The number of hydrazine groups is 1. The zero-order chi connectivity index (χ0) is 9.02. The van der Waals surface area contributed by atoms with Crippen molar-refractivity contribution in [1.82, 2.24) is 10.4 Å². The molecule has 0 aliphatic heterocycles. The Labute approximate surface area is 65.5 Å². The van der Waals surface area contributed by atoms with Gasteiger partial charge in [-0.05, 0) is 13.8 Å². The molecular weight excluding hydrogens is 146 g/mol. The molecule has 5 nitrogen and oxygen atoms in total. The molecular formula is C6H13N3O2. The zero-order valence-corrected chi connectivity index (χ0v) is 6.92. The molecule has 0 spiro atoms. The van der Waals surface area contributed by atoms with Crippen LogP contribution < -0.4 is 11.2 Å². The predicted molar refractivity (Wildman–Crippen MR) is 40.4 cm³/mol. The van der Waals surface area contributed by atoms with Crippen molar-refractivity contribution in [3.8, 4) is 0 Å². The fourth-order valence-corrected chi connectivity index (χ4v) is 0.608. The van der Waals surface area contributed by atoms with Gasteiger partial charge in [-0.25, -0.2) is 9.80 Å². The van der Waals surface area contributed by atoms with Gasteiger partial charge in [0.2, 0.25) is 5.91 Å². The van der Waals surface area contributed by atoms with E-state index in [1.165, 1.54) is 6.92 Å². The minimum Gasteiger partial charge on any atom is -0.350 e. The maximum absolute atomic E-state index is 10.6. The monoisotopic (exact) mass is 159 g/mol. The normalized spacial score (nSPS) is 9.45. The summed E-state index contributed by atoms with van der Waals surface area (Å²) in [6.07, 6.45) is 0. The third kappa shape index (κ3) is 3.44. The third-order valence-electron chi connectivity index (χ3n) is 1.03. The van der Waals surface area contributed by atoms with Crippen LogP contribution in [0.2, 0.25) is 0 Å². The molecule has 0 saturated carbocycles. The van der Waals surface area contributed by atoms with Crippen LogP contribution in [0.3, 0.4) is 0 Å². The fraction of sp³-hybridized carbons (Fsp3) is 0.667. The summed E-state index contributed by atoms with van der Waals surface area (Å²) in [6.45, 7) is 4.82. The number of nitrogens with zero attached hydrogens (tertiary/aromatic N) is 1. The summed E-state index contributed by atoms with van der Waals surface area (Å²) >= 11 is 0. The maximum atomic E-state index is 10.6. The molecule has 0 bridgehead atoms. The maximum Gasteiger partial charge on any atom is 0.333 e. The van der Waals surface area contributed by atoms with E-state index in [4.69, 9.17) is 5.73 Å². The van der Waals surface area contributed by atoms with Crippen molar-refractivity contribution in [2.45, 2.75) is 26.8 Å². The predicted octanol–water partition coefficient (Wildman–Crippen LogP) is -0.173. The molecule has 0 unspecified atom stereocenters. The van der Waals surface area contributed by atoms with Gasteiger partial charge >= 0.3 is 6.03 Å². The summed E-state index contributed by atoms with van der Waals surface area (Å²) in [6, 6.07) is -0.786. The van der Waals surface area contributed by atoms with E-state index in [-0.39, 0.29) is 11.9 Å². The van der Waals surface area contributed by atoms with Gasteiger partial charge in [-0.1, -0.05) is 0 Å². The molecule has 3 N–H and O–H groups in total. The SMILES string of the molecule is CC(=O)NN(C(N)=O)C(C)C. The molecule has 0 fully saturated rings. The molecule has 0 aromatic heterocycles. The second-order valence-corrected chi connectivity index (χ2v) is 2.47. The van der Waals surface area contributed by atoms with Crippen molar-refractivity contribution in [2.24, 2.45) is 5.73 Å². The van der Waals surface area contributed by atoms with Crippen LogP contribution >= 0.6 is 0 Å². The highest BCUT2D eigenvalue weighted by Gasteiger charge is 2.13. The fourth-order valence-electron chi connectivity index (χ4n) is 0.608. The molecule has 0 heterocycles. The van der Waals surface area contributed by atoms with Gasteiger partial charge in [0.05, 0.1) is 0 Å². The van der Waals surface area contributed by atoms with Crippen molar-refractivity contribution in [3.63, 3.8) is 0 Å². The lowest BCUT2D eigenvalue weighted by Crippen LogP contribution is -2.51. The summed E-state index contributed by atoms with van der Waals surface area (Å²) in [4.78, 5) is 21.1. The lowest BCUT2D eigenvalue weighted by Gasteiger charge is -2.23. The molecule has 64 valence electrons. The highest BCUT2D eigenvalue weighted by atomic mass is 16.2. The summed E-state index contributed by atoms with van der Waals surface area (Å²) in [5.74, 6) is -0.308. The molecule has 0 aliphatic carbocycles. The van der Waals surface area contributed by atoms with Gasteiger partial charge in [0.15, 0.2) is 0 Å². The lowest BCUT2D eigenvalue weighted by molar-refractivity contribution is -0.123. The molecule has 3 amide bonds. The molecule has 0 rings (SSSR count). The number of primary amides is 1. The molecule has 0 aromatic carbocycles. The Morgan fingerprint density at radius 1 is 1.45 bits per heavy atom. The average molecular weight is 159 g/mol. The van der Waals surface area contributed by atoms with Crippen molar-refractivity contribution in [3.05, 3.63) is 0 Å². The number of hydrogen-bond acceptors (Lipinski definition) is 2. The number of hydrogen-bond donors (Lipinski definition) is 2. The summed E-state index contributed by atoms with van der Waals surface area (Å²) in [7, 11) is 0. The molecule has 0 aliphatic rings. The van der Waals surface area contributed by atoms with Crippen LogP contribution in [-0.4, -0.2) is 23.0 Å². The highest BCUT2D eigenvalue weighted by Crippen LogP contribution is 1.91. The molecule has 0 radical (unpaired) electrons. The van der Waals surface area contributed by atoms with Crippen LogP contribution in [0.1, 0.15) is 20.8 Å². The number of nitrogens with one attached hydrogen (secondary N) is 1. The topological polar surface area (TPSA) is 75.4 Å². The van der Waals surface area contributed by atoms with Crippen LogP contribution in [0.5, 0.6) is 0 Å². The van der Waals surface area contributed by atoms with E-state index in [9.17, 15) is 9.59 Å². The average Bonchev–Trinajstić information content (AvgIpc) is 1.81. The first kappa shape index (κ1) is 9.74. The standard InChI is InChI=1S/C6H13N3O2/c1-4(2)9(6(7)11)8-5(3)10/h4H,1-3H3,(H2,7,11)(H,8,10). The molecule has 0 saturated heterocycles. The number of carbonyl (C=O) groups is 2. The number of urea groups is 1. The Morgan fingerprint density at radius 3 is 2.00 bits per heavy atom. The van der Waals surface area contributed by atoms with Gasteiger partial charge in [0.1, 0.15) is 0 Å². The zero-order valence-electron chi connectivity index (χ0n) is 6.92. The van der Waals surface area contributed by atoms with Gasteiger partial charge < -0.3 is 5.73 Å². The lowest BCUT2D eigenvalue weighted by atomic mass is 10.4. The van der Waals surface area contributed by atoms with Gasteiger partial charge in [-0.2, -0.15) is 0 Å². The van der Waals surface area contributed by atoms with E-state index in [2.05, 4.69) is 5.43 Å². The third-order valence-corrected chi connectivity index (χ3v) is 1.03. The van der Waals surface area contributed by atoms with Crippen LogP contribution in [0.25, 0.3) is 0 Å². The first-order chi connectivity index (χ1) is 4.95. The molecule has 11 heavy (non-hydrogen) atoms. The minimum absolute atomic E-state index is 0.128. The Bertz CT molecular complexity index is 167. The van der Waals surface area contributed by atoms with Gasteiger partial charge in [-0.3, -0.25) is 10.2 Å². The first-order valence-electron chi connectivity index (χ1n) is 3.31. The first-order valence-corrected chi connectivity index (χ1v) is 3.31. The Kier molecular flexibility index (Phi) is 3.36. The number of rotatable bonds is 1. The van der Waals surface area contributed by atoms with E-state index < -0.39 is 6.03 Å². The number of amides is 3. The van der Waals surface area contributed by atoms with Crippen LogP contribution in [-0.2, 0) is 4.79 Å². The molecule has 5 heteroatoms. The molecule has 0 atom stereocenters. The van der Waals surface area contributed by atoms with Gasteiger partial charge in [-0.15, -0.1) is 0 Å². The number of carbonyl (C=O) groups excluding carboxylic acids is 2. The van der Waals surface area contributed by atoms with Crippen LogP contribution in [0.15, 0.2) is 0 Å². The Balaban J connectivity index is 4.12. The largest absolute Gasteiger partial charge is 0.350 e. The van der Waals surface area contributed by atoms with E-state index in [0.717, 1.165) is 5.01 Å². The molecule has 0 aromatic rings. The van der Waals surface area contributed by atoms with Crippen LogP contribution in [0.4, 0.5) is 4.79 Å².